The Morgan fingerprint density at radius 2 is 2.00 bits per heavy atom. The zero-order valence-corrected chi connectivity index (χ0v) is 13.8. The Morgan fingerprint density at radius 3 is 2.47 bits per heavy atom. The Balaban J connectivity index is 0.00000324. The number of guanidine groups is 1. The highest BCUT2D eigenvalue weighted by Crippen LogP contribution is 2.10. The van der Waals surface area contributed by atoms with Crippen molar-refractivity contribution in [2.24, 2.45) is 10.7 Å². The van der Waals surface area contributed by atoms with Crippen molar-refractivity contribution in [1.82, 2.24) is 5.32 Å². The summed E-state index contributed by atoms with van der Waals surface area (Å²) >= 11 is 0. The van der Waals surface area contributed by atoms with Gasteiger partial charge in [0.1, 0.15) is 0 Å². The predicted octanol–water partition coefficient (Wildman–Crippen LogP) is 1.30. The third kappa shape index (κ3) is 6.58. The second kappa shape index (κ2) is 8.16. The minimum atomic E-state index is -3.15. The van der Waals surface area contributed by atoms with Gasteiger partial charge in [0.05, 0.1) is 11.4 Å². The van der Waals surface area contributed by atoms with E-state index in [1.165, 1.54) is 6.26 Å². The van der Waals surface area contributed by atoms with Gasteiger partial charge in [0.25, 0.3) is 0 Å². The smallest absolute Gasteiger partial charge is 0.189 e. The first-order valence-corrected chi connectivity index (χ1v) is 7.26. The Kier molecular flexibility index (Phi) is 7.69. The molecule has 0 fully saturated rings. The Bertz CT molecular complexity index is 539. The van der Waals surface area contributed by atoms with Gasteiger partial charge < -0.3 is 11.1 Å². The van der Waals surface area contributed by atoms with Gasteiger partial charge in [0.2, 0.25) is 0 Å². The van der Waals surface area contributed by atoms with Gasteiger partial charge in [-0.25, -0.2) is 13.4 Å². The number of rotatable bonds is 5. The normalized spacial score (nSPS) is 11.5. The molecule has 0 spiro atoms. The molecular weight excluding hydrogens is 377 g/mol. The molecule has 0 unspecified atom stereocenters. The third-order valence-electron chi connectivity index (χ3n) is 2.21. The monoisotopic (exact) mass is 395 g/mol. The summed E-state index contributed by atoms with van der Waals surface area (Å²) in [7, 11) is -3.15. The van der Waals surface area contributed by atoms with Gasteiger partial charge in [0.15, 0.2) is 15.8 Å². The van der Waals surface area contributed by atoms with Crippen molar-refractivity contribution in [3.63, 3.8) is 0 Å². The Hall–Kier alpha value is -1.09. The molecule has 0 aliphatic heterocycles. The fraction of sp³-hybridized carbons (Fsp3) is 0.250. The molecule has 0 bridgehead atoms. The highest BCUT2D eigenvalue weighted by atomic mass is 127. The number of sulfone groups is 1. The summed E-state index contributed by atoms with van der Waals surface area (Å²) in [4.78, 5) is 4.41. The molecule has 7 heteroatoms. The van der Waals surface area contributed by atoms with E-state index < -0.39 is 9.84 Å². The van der Waals surface area contributed by atoms with Gasteiger partial charge in [-0.3, -0.25) is 0 Å². The lowest BCUT2D eigenvalue weighted by Crippen LogP contribution is -2.31. The van der Waals surface area contributed by atoms with Crippen LogP contribution >= 0.6 is 24.0 Å². The minimum absolute atomic E-state index is 0. The molecule has 1 aromatic carbocycles. The van der Waals surface area contributed by atoms with Crippen LogP contribution < -0.4 is 11.1 Å². The summed E-state index contributed by atoms with van der Waals surface area (Å²) in [6, 6.07) is 6.57. The summed E-state index contributed by atoms with van der Waals surface area (Å²) in [5.41, 5.74) is 6.50. The van der Waals surface area contributed by atoms with Crippen LogP contribution in [-0.2, 0) is 16.4 Å². The van der Waals surface area contributed by atoms with E-state index >= 15 is 0 Å². The lowest BCUT2D eigenvalue weighted by molar-refractivity contribution is 0.602. The van der Waals surface area contributed by atoms with Crippen LogP contribution in [0.3, 0.4) is 0 Å². The molecule has 0 saturated carbocycles. The number of benzene rings is 1. The van der Waals surface area contributed by atoms with E-state index in [1.54, 1.807) is 30.3 Å². The molecule has 0 aliphatic carbocycles. The van der Waals surface area contributed by atoms with E-state index in [0.29, 0.717) is 23.9 Å². The van der Waals surface area contributed by atoms with Crippen LogP contribution in [0, 0.1) is 0 Å². The maximum atomic E-state index is 11.3. The van der Waals surface area contributed by atoms with Crippen LogP contribution in [0.2, 0.25) is 0 Å². The first-order valence-electron chi connectivity index (χ1n) is 5.37. The van der Waals surface area contributed by atoms with Gasteiger partial charge in [0, 0.05) is 12.8 Å². The van der Waals surface area contributed by atoms with Gasteiger partial charge in [-0.2, -0.15) is 0 Å². The van der Waals surface area contributed by atoms with Crippen molar-refractivity contribution < 1.29 is 8.42 Å². The number of hydrogen-bond donors (Lipinski definition) is 2. The SMILES string of the molecule is C=CCNC(N)=NCc1ccc(S(C)(=O)=O)cc1.I. The van der Waals surface area contributed by atoms with Crippen LogP contribution in [-0.4, -0.2) is 27.2 Å². The van der Waals surface area contributed by atoms with Gasteiger partial charge in [-0.05, 0) is 17.7 Å². The van der Waals surface area contributed by atoms with Crippen LogP contribution in [0.1, 0.15) is 5.56 Å². The van der Waals surface area contributed by atoms with E-state index in [2.05, 4.69) is 16.9 Å². The Morgan fingerprint density at radius 1 is 1.42 bits per heavy atom. The molecule has 0 heterocycles. The van der Waals surface area contributed by atoms with Crippen molar-refractivity contribution in [3.8, 4) is 0 Å². The average Bonchev–Trinajstić information content (AvgIpc) is 2.33. The molecule has 106 valence electrons. The molecule has 3 N–H and O–H groups in total. The molecular formula is C12H18IN3O2S. The van der Waals surface area contributed by atoms with Crippen molar-refractivity contribution in [3.05, 3.63) is 42.5 Å². The van der Waals surface area contributed by atoms with Gasteiger partial charge in [-0.1, -0.05) is 18.2 Å². The highest BCUT2D eigenvalue weighted by Gasteiger charge is 2.05. The van der Waals surface area contributed by atoms with Crippen molar-refractivity contribution in [2.45, 2.75) is 11.4 Å². The van der Waals surface area contributed by atoms with E-state index in [9.17, 15) is 8.42 Å². The number of nitrogens with one attached hydrogen (secondary N) is 1. The first-order chi connectivity index (χ1) is 8.43. The van der Waals surface area contributed by atoms with Crippen molar-refractivity contribution in [1.29, 1.82) is 0 Å². The average molecular weight is 395 g/mol. The number of nitrogens with two attached hydrogens (primary N) is 1. The van der Waals surface area contributed by atoms with E-state index in [1.807, 2.05) is 0 Å². The fourth-order valence-corrected chi connectivity index (χ4v) is 1.88. The van der Waals surface area contributed by atoms with Crippen LogP contribution in [0.4, 0.5) is 0 Å². The van der Waals surface area contributed by atoms with Gasteiger partial charge >= 0.3 is 0 Å². The van der Waals surface area contributed by atoms with E-state index in [4.69, 9.17) is 5.73 Å². The summed E-state index contributed by atoms with van der Waals surface area (Å²) in [6.07, 6.45) is 2.86. The van der Waals surface area contributed by atoms with E-state index in [0.717, 1.165) is 5.56 Å². The lowest BCUT2D eigenvalue weighted by atomic mass is 10.2. The molecule has 0 radical (unpaired) electrons. The van der Waals surface area contributed by atoms with Crippen LogP contribution in [0.15, 0.2) is 46.8 Å². The summed E-state index contributed by atoms with van der Waals surface area (Å²) in [6.45, 7) is 4.51. The number of hydrogen-bond acceptors (Lipinski definition) is 3. The largest absolute Gasteiger partial charge is 0.370 e. The number of aliphatic imine (C=N–C) groups is 1. The highest BCUT2D eigenvalue weighted by molar-refractivity contribution is 14.0. The van der Waals surface area contributed by atoms with Crippen molar-refractivity contribution in [2.75, 3.05) is 12.8 Å². The second-order valence-corrected chi connectivity index (χ2v) is 5.80. The summed E-state index contributed by atoms with van der Waals surface area (Å²) in [5.74, 6) is 0.335. The maximum absolute atomic E-state index is 11.3. The predicted molar refractivity (Wildman–Crippen MR) is 88.5 cm³/mol. The fourth-order valence-electron chi connectivity index (χ4n) is 1.25. The zero-order chi connectivity index (χ0) is 13.6. The molecule has 1 aromatic rings. The second-order valence-electron chi connectivity index (χ2n) is 3.79. The number of nitrogens with zero attached hydrogens (tertiary/aromatic N) is 1. The summed E-state index contributed by atoms with van der Waals surface area (Å²) in [5, 5.41) is 2.85. The molecule has 0 saturated heterocycles. The van der Waals surface area contributed by atoms with E-state index in [-0.39, 0.29) is 24.0 Å². The summed E-state index contributed by atoms with van der Waals surface area (Å²) < 4.78 is 22.5. The molecule has 0 atom stereocenters. The standard InChI is InChI=1S/C12H17N3O2S.HI/c1-3-8-14-12(13)15-9-10-4-6-11(7-5-10)18(2,16)17;/h3-7H,1,8-9H2,2H3,(H3,13,14,15);1H. The third-order valence-corrected chi connectivity index (χ3v) is 3.34. The van der Waals surface area contributed by atoms with Crippen molar-refractivity contribution >= 4 is 39.8 Å². The molecule has 19 heavy (non-hydrogen) atoms. The Labute approximate surface area is 130 Å². The van der Waals surface area contributed by atoms with Crippen LogP contribution in [0.25, 0.3) is 0 Å². The quantitative estimate of drug-likeness (QED) is 0.341. The number of halogens is 1. The first kappa shape index (κ1) is 17.9. The van der Waals surface area contributed by atoms with Crippen LogP contribution in [0.5, 0.6) is 0 Å². The molecule has 0 amide bonds. The molecule has 1 rings (SSSR count). The topological polar surface area (TPSA) is 84.5 Å². The maximum Gasteiger partial charge on any atom is 0.189 e. The van der Waals surface area contributed by atoms with Gasteiger partial charge in [-0.15, -0.1) is 30.6 Å². The molecule has 0 aromatic heterocycles. The zero-order valence-electron chi connectivity index (χ0n) is 10.7. The lowest BCUT2D eigenvalue weighted by Gasteiger charge is -2.03. The minimum Gasteiger partial charge on any atom is -0.370 e. The molecule has 0 aliphatic rings. The molecule has 5 nitrogen and oxygen atoms in total.